The minimum absolute atomic E-state index is 0.518. The van der Waals surface area contributed by atoms with Gasteiger partial charge in [0.2, 0.25) is 0 Å². The van der Waals surface area contributed by atoms with Crippen LogP contribution in [0, 0.1) is 0 Å². The Morgan fingerprint density at radius 1 is 1.03 bits per heavy atom. The van der Waals surface area contributed by atoms with Crippen LogP contribution in [0.4, 0.5) is 11.6 Å². The molecule has 30 heavy (non-hydrogen) atoms. The summed E-state index contributed by atoms with van der Waals surface area (Å²) in [5.41, 5.74) is 10.4. The van der Waals surface area contributed by atoms with Gasteiger partial charge in [-0.05, 0) is 30.8 Å². The summed E-state index contributed by atoms with van der Waals surface area (Å²) < 4.78 is 2.25. The van der Waals surface area contributed by atoms with Crippen molar-refractivity contribution in [2.45, 2.75) is 26.9 Å². The lowest BCUT2D eigenvalue weighted by Crippen LogP contribution is -2.27. The predicted molar refractivity (Wildman–Crippen MR) is 123 cm³/mol. The van der Waals surface area contributed by atoms with Crippen molar-refractivity contribution >= 4 is 22.7 Å². The number of nitrogen functional groups attached to an aromatic ring is 1. The van der Waals surface area contributed by atoms with E-state index in [-0.39, 0.29) is 0 Å². The maximum absolute atomic E-state index is 6.32. The summed E-state index contributed by atoms with van der Waals surface area (Å²) in [5, 5.41) is 10.8. The molecule has 4 N–H and O–H groups in total. The molecule has 0 spiro atoms. The van der Waals surface area contributed by atoms with Crippen molar-refractivity contribution in [2.24, 2.45) is 0 Å². The Hall–Kier alpha value is -3.32. The van der Waals surface area contributed by atoms with Crippen LogP contribution in [0.2, 0.25) is 0 Å². The van der Waals surface area contributed by atoms with Gasteiger partial charge in [0.25, 0.3) is 0 Å². The summed E-state index contributed by atoms with van der Waals surface area (Å²) >= 11 is 0. The van der Waals surface area contributed by atoms with Gasteiger partial charge >= 0.3 is 0 Å². The summed E-state index contributed by atoms with van der Waals surface area (Å²) in [6, 6.07) is 18.5. The van der Waals surface area contributed by atoms with Gasteiger partial charge in [-0.1, -0.05) is 56.3 Å². The van der Waals surface area contributed by atoms with Gasteiger partial charge in [-0.25, -0.2) is 4.98 Å². The average molecular weight is 404 g/mol. The van der Waals surface area contributed by atoms with Crippen molar-refractivity contribution in [1.29, 1.82) is 0 Å². The highest BCUT2D eigenvalue weighted by Crippen LogP contribution is 2.33. The van der Waals surface area contributed by atoms with E-state index in [1.807, 2.05) is 30.3 Å². The molecule has 0 aliphatic heterocycles. The lowest BCUT2D eigenvalue weighted by atomic mass is 10.2. The average Bonchev–Trinajstić information content (AvgIpc) is 3.33. The van der Waals surface area contributed by atoms with Crippen LogP contribution in [-0.2, 0) is 13.1 Å². The van der Waals surface area contributed by atoms with Crippen molar-refractivity contribution in [1.82, 2.24) is 24.6 Å². The van der Waals surface area contributed by atoms with Crippen LogP contribution in [0.5, 0.6) is 0 Å². The third-order valence-electron chi connectivity index (χ3n) is 5.51. The molecule has 0 aliphatic carbocycles. The van der Waals surface area contributed by atoms with Crippen LogP contribution < -0.4 is 11.1 Å². The Balaban J connectivity index is 1.70. The molecule has 0 atom stereocenters. The van der Waals surface area contributed by atoms with E-state index in [4.69, 9.17) is 10.7 Å². The van der Waals surface area contributed by atoms with Crippen LogP contribution in [0.1, 0.15) is 19.4 Å². The van der Waals surface area contributed by atoms with Crippen molar-refractivity contribution in [3.05, 3.63) is 60.2 Å². The topological polar surface area (TPSA) is 87.8 Å². The largest absolute Gasteiger partial charge is 0.383 e. The maximum Gasteiger partial charge on any atom is 0.161 e. The van der Waals surface area contributed by atoms with Gasteiger partial charge in [0, 0.05) is 19.6 Å². The van der Waals surface area contributed by atoms with E-state index in [1.54, 1.807) is 0 Å². The first-order chi connectivity index (χ1) is 14.7. The monoisotopic (exact) mass is 403 g/mol. The number of anilines is 2. The molecule has 0 saturated heterocycles. The fourth-order valence-corrected chi connectivity index (χ4v) is 3.77. The van der Waals surface area contributed by atoms with Crippen LogP contribution in [0.15, 0.2) is 54.6 Å². The van der Waals surface area contributed by atoms with Crippen molar-refractivity contribution in [3.63, 3.8) is 0 Å². The Labute approximate surface area is 176 Å². The van der Waals surface area contributed by atoms with Gasteiger partial charge in [0.15, 0.2) is 5.82 Å². The Kier molecular flexibility index (Phi) is 5.99. The van der Waals surface area contributed by atoms with Crippen LogP contribution in [-0.4, -0.2) is 44.3 Å². The number of H-pyrrole nitrogens is 1. The van der Waals surface area contributed by atoms with E-state index < -0.39 is 0 Å². The number of nitrogens with zero attached hydrogens (tertiary/aromatic N) is 4. The fourth-order valence-electron chi connectivity index (χ4n) is 3.77. The Morgan fingerprint density at radius 3 is 2.53 bits per heavy atom. The van der Waals surface area contributed by atoms with Crippen LogP contribution in [0.25, 0.3) is 22.4 Å². The molecule has 156 valence electrons. The van der Waals surface area contributed by atoms with Gasteiger partial charge in [-0.15, -0.1) is 0 Å². The molecule has 7 nitrogen and oxygen atoms in total. The first kappa shape index (κ1) is 20.0. The SMILES string of the molecule is CCN(CC)CCn1c(-c2c(NCc3ccccc3)n[nH]c2N)nc2ccccc21. The first-order valence-electron chi connectivity index (χ1n) is 10.5. The van der Waals surface area contributed by atoms with Crippen molar-refractivity contribution < 1.29 is 0 Å². The summed E-state index contributed by atoms with van der Waals surface area (Å²) in [6.45, 7) is 8.88. The zero-order valence-corrected chi connectivity index (χ0v) is 17.6. The van der Waals surface area contributed by atoms with Crippen LogP contribution >= 0.6 is 0 Å². The maximum atomic E-state index is 6.32. The summed E-state index contributed by atoms with van der Waals surface area (Å²) in [6.07, 6.45) is 0. The molecular formula is C23H29N7. The molecule has 4 rings (SSSR count). The standard InChI is InChI=1S/C23H29N7/c1-3-29(4-2)14-15-30-19-13-9-8-12-18(19)26-23(30)20-21(24)27-28-22(20)25-16-17-10-6-5-7-11-17/h5-13H,3-4,14-16H2,1-2H3,(H4,24,25,27,28). The zero-order chi connectivity index (χ0) is 20.9. The van der Waals surface area contributed by atoms with Gasteiger partial charge in [0.05, 0.1) is 11.0 Å². The number of rotatable bonds is 9. The molecule has 4 aromatic rings. The number of nitrogens with one attached hydrogen (secondary N) is 2. The predicted octanol–water partition coefficient (Wildman–Crippen LogP) is 3.96. The summed E-state index contributed by atoms with van der Waals surface area (Å²) in [7, 11) is 0. The number of benzene rings is 2. The van der Waals surface area contributed by atoms with Crippen molar-refractivity contribution in [3.8, 4) is 11.4 Å². The van der Waals surface area contributed by atoms with E-state index in [9.17, 15) is 0 Å². The summed E-state index contributed by atoms with van der Waals surface area (Å²) in [4.78, 5) is 7.33. The van der Waals surface area contributed by atoms with Gasteiger partial charge < -0.3 is 20.5 Å². The quantitative estimate of drug-likeness (QED) is 0.394. The highest BCUT2D eigenvalue weighted by molar-refractivity contribution is 5.87. The second kappa shape index (κ2) is 9.00. The second-order valence-corrected chi connectivity index (χ2v) is 7.30. The normalized spacial score (nSPS) is 11.4. The molecule has 0 radical (unpaired) electrons. The first-order valence-corrected chi connectivity index (χ1v) is 10.5. The fraction of sp³-hybridized carbons (Fsp3) is 0.304. The molecule has 0 unspecified atom stereocenters. The lowest BCUT2D eigenvalue weighted by molar-refractivity contribution is 0.292. The molecule has 7 heteroatoms. The van der Waals surface area contributed by atoms with E-state index in [0.717, 1.165) is 54.4 Å². The number of likely N-dealkylation sites (N-methyl/N-ethyl adjacent to an activating group) is 1. The lowest BCUT2D eigenvalue weighted by Gasteiger charge is -2.19. The van der Waals surface area contributed by atoms with Gasteiger partial charge in [-0.3, -0.25) is 5.10 Å². The second-order valence-electron chi connectivity index (χ2n) is 7.30. The highest BCUT2D eigenvalue weighted by atomic mass is 15.2. The number of nitrogens with two attached hydrogens (primary N) is 1. The minimum Gasteiger partial charge on any atom is -0.383 e. The number of aromatic amines is 1. The number of para-hydroxylation sites is 2. The Morgan fingerprint density at radius 2 is 1.77 bits per heavy atom. The number of hydrogen-bond acceptors (Lipinski definition) is 5. The highest BCUT2D eigenvalue weighted by Gasteiger charge is 2.21. The van der Waals surface area contributed by atoms with Crippen molar-refractivity contribution in [2.75, 3.05) is 30.7 Å². The van der Waals surface area contributed by atoms with E-state index in [0.29, 0.717) is 12.4 Å². The molecule has 2 aromatic carbocycles. The van der Waals surface area contributed by atoms with E-state index in [2.05, 4.69) is 63.1 Å². The van der Waals surface area contributed by atoms with Gasteiger partial charge in [-0.2, -0.15) is 5.10 Å². The molecule has 2 heterocycles. The Bertz CT molecular complexity index is 1090. The molecule has 2 aromatic heterocycles. The number of fused-ring (bicyclic) bond motifs is 1. The molecular weight excluding hydrogens is 374 g/mol. The summed E-state index contributed by atoms with van der Waals surface area (Å²) in [5.74, 6) is 2.07. The molecule has 0 aliphatic rings. The molecule has 0 saturated carbocycles. The number of aromatic nitrogens is 4. The van der Waals surface area contributed by atoms with Crippen LogP contribution in [0.3, 0.4) is 0 Å². The molecule has 0 bridgehead atoms. The third-order valence-corrected chi connectivity index (χ3v) is 5.51. The number of imidazole rings is 1. The smallest absolute Gasteiger partial charge is 0.161 e. The minimum atomic E-state index is 0.518. The van der Waals surface area contributed by atoms with E-state index in [1.165, 1.54) is 5.56 Å². The third kappa shape index (κ3) is 4.02. The molecule has 0 fully saturated rings. The van der Waals surface area contributed by atoms with Gasteiger partial charge in [0.1, 0.15) is 17.2 Å². The van der Waals surface area contributed by atoms with E-state index >= 15 is 0 Å². The zero-order valence-electron chi connectivity index (χ0n) is 17.6. The number of hydrogen-bond donors (Lipinski definition) is 3. The molecule has 0 amide bonds.